The molecule has 510 valence electrons. The predicted molar refractivity (Wildman–Crippen MR) is 459 cm³/mol. The second kappa shape index (κ2) is 29.8. The normalized spacial score (nSPS) is 11.1. The summed E-state index contributed by atoms with van der Waals surface area (Å²) < 4.78 is 0. The quantitative estimate of drug-likeness (QED) is 0.0898. The number of rotatable bonds is 16. The van der Waals surface area contributed by atoms with Crippen molar-refractivity contribution >= 4 is 122 Å². The van der Waals surface area contributed by atoms with Gasteiger partial charge < -0.3 is 19.6 Å². The van der Waals surface area contributed by atoms with Crippen molar-refractivity contribution in [2.75, 3.05) is 19.6 Å². The number of nitrogens with zero attached hydrogens (tertiary/aromatic N) is 5. The molecule has 19 rings (SSSR count). The third-order valence-corrected chi connectivity index (χ3v) is 20.5. The van der Waals surface area contributed by atoms with E-state index in [-0.39, 0.29) is 0 Å². The van der Waals surface area contributed by atoms with E-state index in [1.165, 1.54) is 76.5 Å². The molecule has 0 aliphatic rings. The molecule has 1 heterocycles. The molecule has 0 radical (unpaired) electrons. The largest absolute Gasteiger partial charge is 0.311 e. The van der Waals surface area contributed by atoms with Crippen molar-refractivity contribution in [1.82, 2.24) is 4.98 Å². The van der Waals surface area contributed by atoms with E-state index in [1.807, 2.05) is 12.4 Å². The Morgan fingerprint density at radius 2 is 0.370 bits per heavy atom. The molecule has 1 aromatic heterocycles. The number of fused-ring (bicyclic) bond motifs is 7. The molecular weight excluding hydrogens is 1310 g/mol. The van der Waals surface area contributed by atoms with Gasteiger partial charge in [0.05, 0.1) is 11.9 Å². The predicted octanol–water partition coefficient (Wildman–Crippen LogP) is 29.1. The second-order valence-electron chi connectivity index (χ2n) is 27.1. The number of hydrogen-bond donors (Lipinski definition) is 0. The van der Waals surface area contributed by atoms with Gasteiger partial charge in [0.15, 0.2) is 0 Å². The lowest BCUT2D eigenvalue weighted by Gasteiger charge is -2.27. The fraction of sp³-hybridized carbons (Fsp3) is 0. The van der Waals surface area contributed by atoms with Gasteiger partial charge in [0, 0.05) is 79.5 Å². The van der Waals surface area contributed by atoms with Crippen molar-refractivity contribution in [3.8, 4) is 44.5 Å². The summed E-state index contributed by atoms with van der Waals surface area (Å²) in [6.07, 6.45) is 3.88. The van der Waals surface area contributed by atoms with Crippen LogP contribution in [0.3, 0.4) is 0 Å². The highest BCUT2D eigenvalue weighted by atomic mass is 15.2. The maximum Gasteiger partial charge on any atom is 0.0723 e. The van der Waals surface area contributed by atoms with E-state index in [9.17, 15) is 0 Å². The minimum absolute atomic E-state index is 1.05. The highest BCUT2D eigenvalue weighted by molar-refractivity contribution is 6.10. The topological polar surface area (TPSA) is 25.9 Å². The first-order valence-corrected chi connectivity index (χ1v) is 36.8. The van der Waals surface area contributed by atoms with Crippen LogP contribution in [0.15, 0.2) is 443 Å². The Labute approximate surface area is 630 Å². The first kappa shape index (κ1) is 65.6. The molecule has 0 saturated heterocycles. The molecule has 0 aliphatic carbocycles. The molecule has 0 amide bonds. The molecule has 0 N–H and O–H groups in total. The van der Waals surface area contributed by atoms with Crippen LogP contribution < -0.4 is 19.6 Å². The van der Waals surface area contributed by atoms with Crippen LogP contribution in [0.5, 0.6) is 0 Å². The van der Waals surface area contributed by atoms with Crippen LogP contribution in [0.4, 0.5) is 68.2 Å². The van der Waals surface area contributed by atoms with Gasteiger partial charge in [-0.2, -0.15) is 0 Å². The molecule has 0 fully saturated rings. The summed E-state index contributed by atoms with van der Waals surface area (Å²) in [4.78, 5) is 13.9. The standard InChI is InChI=1S/C52H36N2.C51H37N3/c1-3-13-43(14-4-1)53(47-31-33-51-41(35-47)21-19-39-11-7-9-17-49(39)51)45-27-23-37(24-28-45)38-25-29-46(30-26-38)54(44-15-5-2-6-16-44)48-32-34-52-42(36-48)22-20-40-12-8-10-18-50(40)52;1-4-12-38(13-5-1)40-20-28-46(29-21-40)53(47-30-22-41(23-31-47)39-14-6-2-7-15-39)48-32-24-42(25-33-48)43-26-34-49(35-27-43)54(45-17-8-3-9-18-45)51-37-52-36-44-16-10-11-19-50(44)51/h1-36H;1-37H. The van der Waals surface area contributed by atoms with Crippen LogP contribution in [0.1, 0.15) is 0 Å². The molecule has 5 nitrogen and oxygen atoms in total. The fourth-order valence-corrected chi connectivity index (χ4v) is 15.1. The highest BCUT2D eigenvalue weighted by Gasteiger charge is 2.20. The number of anilines is 12. The molecule has 0 atom stereocenters. The highest BCUT2D eigenvalue weighted by Crippen LogP contribution is 2.44. The third kappa shape index (κ3) is 13.4. The van der Waals surface area contributed by atoms with Crippen molar-refractivity contribution in [3.63, 3.8) is 0 Å². The summed E-state index contributed by atoms with van der Waals surface area (Å²) in [6.45, 7) is 0. The minimum atomic E-state index is 1.05. The average Bonchev–Trinajstić information content (AvgIpc) is 0.774. The second-order valence-corrected chi connectivity index (χ2v) is 27.1. The van der Waals surface area contributed by atoms with Crippen molar-refractivity contribution in [3.05, 3.63) is 443 Å². The molecular formula is C103H73N5. The molecule has 19 aromatic rings. The lowest BCUT2D eigenvalue weighted by atomic mass is 10.0. The summed E-state index contributed by atoms with van der Waals surface area (Å²) in [5.41, 5.74) is 22.7. The zero-order valence-electron chi connectivity index (χ0n) is 59.4. The van der Waals surface area contributed by atoms with Gasteiger partial charge in [-0.15, -0.1) is 0 Å². The molecule has 0 bridgehead atoms. The Kier molecular flexibility index (Phi) is 18.1. The molecule has 0 aliphatic heterocycles. The number of hydrogen-bond acceptors (Lipinski definition) is 5. The Balaban J connectivity index is 0.000000152. The summed E-state index contributed by atoms with van der Waals surface area (Å²) >= 11 is 0. The van der Waals surface area contributed by atoms with Crippen molar-refractivity contribution in [1.29, 1.82) is 0 Å². The Morgan fingerprint density at radius 3 is 0.722 bits per heavy atom. The van der Waals surface area contributed by atoms with Crippen molar-refractivity contribution in [2.24, 2.45) is 0 Å². The van der Waals surface area contributed by atoms with Crippen LogP contribution in [-0.2, 0) is 0 Å². The summed E-state index contributed by atoms with van der Waals surface area (Å²) in [7, 11) is 0. The number of benzene rings is 18. The summed E-state index contributed by atoms with van der Waals surface area (Å²) in [6, 6.07) is 154. The van der Waals surface area contributed by atoms with Gasteiger partial charge in [-0.25, -0.2) is 0 Å². The first-order valence-electron chi connectivity index (χ1n) is 36.8. The third-order valence-electron chi connectivity index (χ3n) is 20.5. The van der Waals surface area contributed by atoms with E-state index in [0.29, 0.717) is 0 Å². The van der Waals surface area contributed by atoms with Gasteiger partial charge in [-0.3, -0.25) is 4.98 Å². The monoisotopic (exact) mass is 1380 g/mol. The zero-order chi connectivity index (χ0) is 72.0. The number of para-hydroxylation sites is 3. The molecule has 108 heavy (non-hydrogen) atoms. The van der Waals surface area contributed by atoms with E-state index in [1.54, 1.807) is 0 Å². The lowest BCUT2D eigenvalue weighted by molar-refractivity contribution is 1.25. The maximum atomic E-state index is 4.61. The SMILES string of the molecule is c1ccc(-c2ccc(N(c3ccc(-c4ccccc4)cc3)c3ccc(-c4ccc(N(c5ccccc5)c5cncc6ccccc56)cc4)cc3)cc2)cc1.c1ccc(N(c2ccc(-c3ccc(N(c4ccccc4)c4ccc5c(ccc6ccccc65)c4)cc3)cc2)c2ccc3c(ccc4ccccc43)c2)cc1. The van der Waals surface area contributed by atoms with Crippen LogP contribution in [0, 0.1) is 0 Å². The van der Waals surface area contributed by atoms with Crippen molar-refractivity contribution < 1.29 is 0 Å². The number of aromatic nitrogens is 1. The smallest absolute Gasteiger partial charge is 0.0723 e. The summed E-state index contributed by atoms with van der Waals surface area (Å²) in [5, 5.41) is 12.3. The van der Waals surface area contributed by atoms with Gasteiger partial charge in [0.25, 0.3) is 0 Å². The maximum absolute atomic E-state index is 4.61. The number of pyridine rings is 1. The summed E-state index contributed by atoms with van der Waals surface area (Å²) in [5.74, 6) is 0. The molecule has 0 unspecified atom stereocenters. The molecule has 0 saturated carbocycles. The van der Waals surface area contributed by atoms with Crippen LogP contribution >= 0.6 is 0 Å². The van der Waals surface area contributed by atoms with E-state index in [2.05, 4.69) is 455 Å². The van der Waals surface area contributed by atoms with Crippen LogP contribution in [0.2, 0.25) is 0 Å². The molecule has 5 heteroatoms. The Morgan fingerprint density at radius 1 is 0.139 bits per heavy atom. The minimum Gasteiger partial charge on any atom is -0.311 e. The van der Waals surface area contributed by atoms with E-state index in [0.717, 1.165) is 90.1 Å². The van der Waals surface area contributed by atoms with Crippen molar-refractivity contribution in [2.45, 2.75) is 0 Å². The van der Waals surface area contributed by atoms with E-state index in [4.69, 9.17) is 0 Å². The van der Waals surface area contributed by atoms with Gasteiger partial charge in [0.1, 0.15) is 0 Å². The van der Waals surface area contributed by atoms with Gasteiger partial charge in [-0.05, 0) is 221 Å². The van der Waals surface area contributed by atoms with E-state index >= 15 is 0 Å². The lowest BCUT2D eigenvalue weighted by Crippen LogP contribution is -2.10. The van der Waals surface area contributed by atoms with Crippen LogP contribution in [-0.4, -0.2) is 4.98 Å². The Bertz CT molecular complexity index is 6010. The first-order chi connectivity index (χ1) is 53.5. The Hall–Kier alpha value is -14.4. The van der Waals surface area contributed by atoms with Gasteiger partial charge >= 0.3 is 0 Å². The van der Waals surface area contributed by atoms with Gasteiger partial charge in [-0.1, -0.05) is 297 Å². The molecule has 0 spiro atoms. The molecule has 18 aromatic carbocycles. The van der Waals surface area contributed by atoms with E-state index < -0.39 is 0 Å². The zero-order valence-corrected chi connectivity index (χ0v) is 59.4. The van der Waals surface area contributed by atoms with Crippen LogP contribution in [0.25, 0.3) is 98.4 Å². The average molecular weight is 1380 g/mol. The van der Waals surface area contributed by atoms with Gasteiger partial charge in [0.2, 0.25) is 0 Å². The fourth-order valence-electron chi connectivity index (χ4n) is 15.1.